The lowest BCUT2D eigenvalue weighted by Crippen LogP contribution is -2.42. The first-order chi connectivity index (χ1) is 12.3. The largest absolute Gasteiger partial charge is 0.379 e. The Bertz CT molecular complexity index is 532. The molecule has 1 aromatic heterocycles. The SMILES string of the molecule is CN=C(NCCCOC1CCOC1)NCCNC(=O)c1cccnc1. The molecule has 2 rings (SSSR count). The molecule has 25 heavy (non-hydrogen) atoms. The van der Waals surface area contributed by atoms with Gasteiger partial charge in [0.05, 0.1) is 18.3 Å². The summed E-state index contributed by atoms with van der Waals surface area (Å²) in [5.41, 5.74) is 0.553. The topological polar surface area (TPSA) is 96.9 Å². The molecule has 1 fully saturated rings. The van der Waals surface area contributed by atoms with E-state index in [4.69, 9.17) is 9.47 Å². The average molecular weight is 349 g/mol. The summed E-state index contributed by atoms with van der Waals surface area (Å²) in [4.78, 5) is 19.9. The van der Waals surface area contributed by atoms with Crippen molar-refractivity contribution < 1.29 is 14.3 Å². The highest BCUT2D eigenvalue weighted by Crippen LogP contribution is 2.07. The van der Waals surface area contributed by atoms with Gasteiger partial charge >= 0.3 is 0 Å². The highest BCUT2D eigenvalue weighted by Gasteiger charge is 2.15. The van der Waals surface area contributed by atoms with Gasteiger partial charge in [0.2, 0.25) is 0 Å². The molecule has 8 heteroatoms. The molecule has 3 N–H and O–H groups in total. The molecular formula is C17H27N5O3. The van der Waals surface area contributed by atoms with Crippen molar-refractivity contribution in [3.05, 3.63) is 30.1 Å². The van der Waals surface area contributed by atoms with Crippen molar-refractivity contribution in [3.63, 3.8) is 0 Å². The number of carbonyl (C=O) groups is 1. The lowest BCUT2D eigenvalue weighted by Gasteiger charge is -2.13. The number of hydrogen-bond acceptors (Lipinski definition) is 5. The molecular weight excluding hydrogens is 322 g/mol. The molecule has 8 nitrogen and oxygen atoms in total. The zero-order chi connectivity index (χ0) is 17.7. The van der Waals surface area contributed by atoms with Gasteiger partial charge in [0.15, 0.2) is 5.96 Å². The summed E-state index contributed by atoms with van der Waals surface area (Å²) in [6.45, 7) is 4.08. The van der Waals surface area contributed by atoms with Crippen LogP contribution in [-0.2, 0) is 9.47 Å². The van der Waals surface area contributed by atoms with Crippen LogP contribution in [0.15, 0.2) is 29.5 Å². The number of pyridine rings is 1. The number of aromatic nitrogens is 1. The number of aliphatic imine (C=N–C) groups is 1. The Labute approximate surface area is 148 Å². The molecule has 1 unspecified atom stereocenters. The molecule has 0 bridgehead atoms. The van der Waals surface area contributed by atoms with E-state index in [1.165, 1.54) is 0 Å². The van der Waals surface area contributed by atoms with Crippen LogP contribution >= 0.6 is 0 Å². The Morgan fingerprint density at radius 1 is 1.36 bits per heavy atom. The van der Waals surface area contributed by atoms with Crippen LogP contribution in [0.3, 0.4) is 0 Å². The van der Waals surface area contributed by atoms with Crippen LogP contribution in [0.5, 0.6) is 0 Å². The highest BCUT2D eigenvalue weighted by molar-refractivity contribution is 5.93. The monoisotopic (exact) mass is 349 g/mol. The fourth-order valence-corrected chi connectivity index (χ4v) is 2.35. The Hall–Kier alpha value is -2.19. The minimum Gasteiger partial charge on any atom is -0.379 e. The normalized spacial score (nSPS) is 17.3. The van der Waals surface area contributed by atoms with Gasteiger partial charge < -0.3 is 25.4 Å². The van der Waals surface area contributed by atoms with Gasteiger partial charge in [0.25, 0.3) is 5.91 Å². The van der Waals surface area contributed by atoms with Crippen LogP contribution in [0.1, 0.15) is 23.2 Å². The summed E-state index contributed by atoms with van der Waals surface area (Å²) in [5, 5.41) is 9.21. The number of hydrogen-bond donors (Lipinski definition) is 3. The van der Waals surface area contributed by atoms with E-state index in [1.54, 1.807) is 31.6 Å². The fourth-order valence-electron chi connectivity index (χ4n) is 2.35. The molecule has 1 saturated heterocycles. The minimum atomic E-state index is -0.133. The lowest BCUT2D eigenvalue weighted by atomic mass is 10.3. The number of ether oxygens (including phenoxy) is 2. The number of nitrogens with one attached hydrogen (secondary N) is 3. The van der Waals surface area contributed by atoms with Gasteiger partial charge in [-0.25, -0.2) is 0 Å². The average Bonchev–Trinajstić information content (AvgIpc) is 3.17. The van der Waals surface area contributed by atoms with Gasteiger partial charge in [-0.2, -0.15) is 0 Å². The third-order valence-corrected chi connectivity index (χ3v) is 3.71. The maximum Gasteiger partial charge on any atom is 0.252 e. The summed E-state index contributed by atoms with van der Waals surface area (Å²) in [5.74, 6) is 0.575. The molecule has 0 aromatic carbocycles. The van der Waals surface area contributed by atoms with Gasteiger partial charge in [0.1, 0.15) is 0 Å². The second-order valence-corrected chi connectivity index (χ2v) is 5.63. The van der Waals surface area contributed by atoms with Gasteiger partial charge in [0, 0.05) is 52.3 Å². The predicted molar refractivity (Wildman–Crippen MR) is 95.7 cm³/mol. The van der Waals surface area contributed by atoms with Crippen LogP contribution in [0.4, 0.5) is 0 Å². The van der Waals surface area contributed by atoms with E-state index in [9.17, 15) is 4.79 Å². The molecule has 0 radical (unpaired) electrons. The lowest BCUT2D eigenvalue weighted by molar-refractivity contribution is 0.0420. The van der Waals surface area contributed by atoms with Crippen molar-refractivity contribution >= 4 is 11.9 Å². The Morgan fingerprint density at radius 3 is 2.92 bits per heavy atom. The molecule has 138 valence electrons. The molecule has 1 aliphatic rings. The predicted octanol–water partition coefficient (Wildman–Crippen LogP) is 0.172. The smallest absolute Gasteiger partial charge is 0.252 e. The third-order valence-electron chi connectivity index (χ3n) is 3.71. The second kappa shape index (κ2) is 11.4. The summed E-state index contributed by atoms with van der Waals surface area (Å²) in [7, 11) is 1.72. The third kappa shape index (κ3) is 7.49. The van der Waals surface area contributed by atoms with Crippen molar-refractivity contribution in [1.29, 1.82) is 0 Å². The van der Waals surface area contributed by atoms with Crippen molar-refractivity contribution in [2.45, 2.75) is 18.9 Å². The standard InChI is InChI=1S/C17H27N5O3/c1-18-17(21-7-3-10-25-15-5-11-24-13-15)22-9-8-20-16(23)14-4-2-6-19-12-14/h2,4,6,12,15H,3,5,7-11,13H2,1H3,(H,20,23)(H2,18,21,22). The van der Waals surface area contributed by atoms with Gasteiger partial charge in [-0.15, -0.1) is 0 Å². The zero-order valence-corrected chi connectivity index (χ0v) is 14.7. The molecule has 0 spiro atoms. The Kier molecular flexibility index (Phi) is 8.71. The van der Waals surface area contributed by atoms with E-state index in [0.29, 0.717) is 37.8 Å². The van der Waals surface area contributed by atoms with E-state index >= 15 is 0 Å². The maximum atomic E-state index is 11.9. The van der Waals surface area contributed by atoms with E-state index < -0.39 is 0 Å². The van der Waals surface area contributed by atoms with E-state index in [1.807, 2.05) is 0 Å². The Balaban J connectivity index is 1.50. The summed E-state index contributed by atoms with van der Waals surface area (Å²) in [6, 6.07) is 3.47. The number of amides is 1. The van der Waals surface area contributed by atoms with Crippen molar-refractivity contribution in [2.75, 3.05) is 46.5 Å². The first-order valence-electron chi connectivity index (χ1n) is 8.61. The van der Waals surface area contributed by atoms with Gasteiger partial charge in [-0.3, -0.25) is 14.8 Å². The van der Waals surface area contributed by atoms with Crippen molar-refractivity contribution in [3.8, 4) is 0 Å². The van der Waals surface area contributed by atoms with E-state index in [0.717, 1.165) is 26.0 Å². The first-order valence-corrected chi connectivity index (χ1v) is 8.61. The van der Waals surface area contributed by atoms with Crippen LogP contribution < -0.4 is 16.0 Å². The fraction of sp³-hybridized carbons (Fsp3) is 0.588. The van der Waals surface area contributed by atoms with Crippen LogP contribution in [0, 0.1) is 0 Å². The van der Waals surface area contributed by atoms with E-state index in [-0.39, 0.29) is 12.0 Å². The zero-order valence-electron chi connectivity index (χ0n) is 14.7. The van der Waals surface area contributed by atoms with Crippen LogP contribution in [0.2, 0.25) is 0 Å². The second-order valence-electron chi connectivity index (χ2n) is 5.63. The maximum absolute atomic E-state index is 11.9. The van der Waals surface area contributed by atoms with Gasteiger partial charge in [-0.1, -0.05) is 0 Å². The molecule has 1 aromatic rings. The summed E-state index contributed by atoms with van der Waals surface area (Å²) in [6.07, 6.45) is 5.32. The van der Waals surface area contributed by atoms with Crippen molar-refractivity contribution in [1.82, 2.24) is 20.9 Å². The molecule has 1 atom stereocenters. The number of guanidine groups is 1. The van der Waals surface area contributed by atoms with Crippen LogP contribution in [0.25, 0.3) is 0 Å². The highest BCUT2D eigenvalue weighted by atomic mass is 16.5. The first kappa shape index (κ1) is 19.1. The number of carbonyl (C=O) groups excluding carboxylic acids is 1. The Morgan fingerprint density at radius 2 is 2.20 bits per heavy atom. The molecule has 0 aliphatic carbocycles. The molecule has 1 amide bonds. The molecule has 1 aliphatic heterocycles. The van der Waals surface area contributed by atoms with Crippen LogP contribution in [-0.4, -0.2) is 69.5 Å². The summed E-state index contributed by atoms with van der Waals surface area (Å²) >= 11 is 0. The minimum absolute atomic E-state index is 0.133. The van der Waals surface area contributed by atoms with Gasteiger partial charge in [-0.05, 0) is 25.0 Å². The molecule has 2 heterocycles. The molecule has 0 saturated carbocycles. The van der Waals surface area contributed by atoms with E-state index in [2.05, 4.69) is 25.9 Å². The quantitative estimate of drug-likeness (QED) is 0.334. The number of rotatable bonds is 9. The van der Waals surface area contributed by atoms with Crippen molar-refractivity contribution in [2.24, 2.45) is 4.99 Å². The number of nitrogens with zero attached hydrogens (tertiary/aromatic N) is 2. The summed E-state index contributed by atoms with van der Waals surface area (Å²) < 4.78 is 11.0.